The van der Waals surface area contributed by atoms with Gasteiger partial charge in [0.1, 0.15) is 5.76 Å². The Hall–Kier alpha value is -1.53. The summed E-state index contributed by atoms with van der Waals surface area (Å²) in [7, 11) is 0. The highest BCUT2D eigenvalue weighted by Crippen LogP contribution is 2.34. The van der Waals surface area contributed by atoms with Crippen LogP contribution in [-0.4, -0.2) is 48.4 Å². The van der Waals surface area contributed by atoms with Crippen molar-refractivity contribution in [3.8, 4) is 0 Å². The number of carbonyl (C=O) groups is 1. The van der Waals surface area contributed by atoms with E-state index in [4.69, 9.17) is 13.9 Å². The second-order valence-corrected chi connectivity index (χ2v) is 6.76. The van der Waals surface area contributed by atoms with E-state index in [9.17, 15) is 4.79 Å². The van der Waals surface area contributed by atoms with Crippen molar-refractivity contribution in [3.05, 3.63) is 24.2 Å². The first-order valence-corrected chi connectivity index (χ1v) is 8.63. The minimum Gasteiger partial charge on any atom is -0.467 e. The molecule has 0 saturated carbocycles. The summed E-state index contributed by atoms with van der Waals surface area (Å²) < 4.78 is 16.9. The molecule has 4 heterocycles. The van der Waals surface area contributed by atoms with Crippen molar-refractivity contribution in [3.63, 3.8) is 0 Å². The Morgan fingerprint density at radius 3 is 2.96 bits per heavy atom. The molecular weight excluding hydrogens is 296 g/mol. The Bertz CT molecular complexity index is 527. The summed E-state index contributed by atoms with van der Waals surface area (Å²) >= 11 is 0. The van der Waals surface area contributed by atoms with E-state index < -0.39 is 0 Å². The lowest BCUT2D eigenvalue weighted by molar-refractivity contribution is 0.0748. The summed E-state index contributed by atoms with van der Waals surface area (Å²) in [5, 5.41) is 3.16. The molecule has 3 saturated heterocycles. The first-order valence-electron chi connectivity index (χ1n) is 8.63. The van der Waals surface area contributed by atoms with Crippen molar-refractivity contribution in [1.29, 1.82) is 0 Å². The van der Waals surface area contributed by atoms with Crippen molar-refractivity contribution in [2.24, 2.45) is 0 Å². The lowest BCUT2D eigenvalue weighted by Crippen LogP contribution is -2.49. The lowest BCUT2D eigenvalue weighted by Gasteiger charge is -2.28. The van der Waals surface area contributed by atoms with Crippen LogP contribution in [0.2, 0.25) is 0 Å². The molecule has 3 aliphatic rings. The monoisotopic (exact) mass is 320 g/mol. The van der Waals surface area contributed by atoms with Gasteiger partial charge in [-0.3, -0.25) is 0 Å². The fourth-order valence-corrected chi connectivity index (χ4v) is 3.88. The maximum atomic E-state index is 12.8. The molecule has 6 nitrogen and oxygen atoms in total. The first-order chi connectivity index (χ1) is 11.3. The summed E-state index contributed by atoms with van der Waals surface area (Å²) in [5.41, 5.74) is 0. The van der Waals surface area contributed by atoms with Crippen LogP contribution in [0, 0.1) is 0 Å². The molecule has 126 valence electrons. The number of urea groups is 1. The number of nitrogens with zero attached hydrogens (tertiary/aromatic N) is 1. The molecule has 0 unspecified atom stereocenters. The van der Waals surface area contributed by atoms with Crippen molar-refractivity contribution >= 4 is 6.03 Å². The number of ether oxygens (including phenoxy) is 2. The summed E-state index contributed by atoms with van der Waals surface area (Å²) in [6.07, 6.45) is 7.50. The van der Waals surface area contributed by atoms with Gasteiger partial charge in [0.2, 0.25) is 0 Å². The maximum absolute atomic E-state index is 12.8. The molecule has 4 rings (SSSR count). The van der Waals surface area contributed by atoms with E-state index in [1.165, 1.54) is 0 Å². The molecule has 2 bridgehead atoms. The number of hydrogen-bond donors (Lipinski definition) is 1. The van der Waals surface area contributed by atoms with Crippen LogP contribution in [0.3, 0.4) is 0 Å². The molecule has 1 N–H and O–H groups in total. The lowest BCUT2D eigenvalue weighted by atomic mass is 9.96. The zero-order chi connectivity index (χ0) is 15.6. The van der Waals surface area contributed by atoms with Gasteiger partial charge in [0.25, 0.3) is 0 Å². The van der Waals surface area contributed by atoms with Gasteiger partial charge in [0.15, 0.2) is 0 Å². The second kappa shape index (κ2) is 6.53. The van der Waals surface area contributed by atoms with Gasteiger partial charge in [-0.2, -0.15) is 0 Å². The molecule has 1 aromatic rings. The highest BCUT2D eigenvalue weighted by atomic mass is 16.5. The van der Waals surface area contributed by atoms with E-state index in [2.05, 4.69) is 5.32 Å². The van der Waals surface area contributed by atoms with Gasteiger partial charge in [0, 0.05) is 13.2 Å². The van der Waals surface area contributed by atoms with Crippen LogP contribution >= 0.6 is 0 Å². The molecule has 3 fully saturated rings. The largest absolute Gasteiger partial charge is 0.467 e. The smallest absolute Gasteiger partial charge is 0.318 e. The zero-order valence-electron chi connectivity index (χ0n) is 13.3. The molecule has 0 radical (unpaired) electrons. The Kier molecular flexibility index (Phi) is 4.27. The molecule has 23 heavy (non-hydrogen) atoms. The van der Waals surface area contributed by atoms with E-state index in [0.29, 0.717) is 19.2 Å². The van der Waals surface area contributed by atoms with Gasteiger partial charge in [-0.15, -0.1) is 0 Å². The predicted octanol–water partition coefficient (Wildman–Crippen LogP) is 2.29. The summed E-state index contributed by atoms with van der Waals surface area (Å²) in [6.45, 7) is 1.87. The molecule has 6 heteroatoms. The predicted molar refractivity (Wildman–Crippen MR) is 82.9 cm³/mol. The van der Waals surface area contributed by atoms with Crippen LogP contribution in [-0.2, 0) is 16.0 Å². The maximum Gasteiger partial charge on any atom is 0.318 e. The normalized spacial score (nSPS) is 32.3. The van der Waals surface area contributed by atoms with Crippen LogP contribution in [0.25, 0.3) is 0 Å². The molecule has 3 aliphatic heterocycles. The van der Waals surface area contributed by atoms with Crippen LogP contribution < -0.4 is 5.32 Å². The summed E-state index contributed by atoms with van der Waals surface area (Å²) in [5.74, 6) is 0.794. The number of rotatable bonds is 5. The average Bonchev–Trinajstić information content (AvgIpc) is 3.32. The number of furan rings is 1. The van der Waals surface area contributed by atoms with E-state index >= 15 is 0 Å². The summed E-state index contributed by atoms with van der Waals surface area (Å²) in [4.78, 5) is 14.6. The van der Waals surface area contributed by atoms with Gasteiger partial charge in [-0.05, 0) is 44.2 Å². The fourth-order valence-electron chi connectivity index (χ4n) is 3.88. The Balaban J connectivity index is 1.39. The molecule has 0 aromatic carbocycles. The molecular formula is C17H24N2O4. The van der Waals surface area contributed by atoms with E-state index in [-0.39, 0.29) is 24.3 Å². The fraction of sp³-hybridized carbons (Fsp3) is 0.706. The topological polar surface area (TPSA) is 63.9 Å². The van der Waals surface area contributed by atoms with Gasteiger partial charge in [-0.25, -0.2) is 4.79 Å². The third-order valence-electron chi connectivity index (χ3n) is 5.08. The zero-order valence-corrected chi connectivity index (χ0v) is 13.3. The van der Waals surface area contributed by atoms with Crippen LogP contribution in [0.1, 0.15) is 37.9 Å². The van der Waals surface area contributed by atoms with Crippen molar-refractivity contribution in [1.82, 2.24) is 10.2 Å². The molecule has 2 amide bonds. The van der Waals surface area contributed by atoms with Crippen molar-refractivity contribution < 1.29 is 18.7 Å². The summed E-state index contributed by atoms with van der Waals surface area (Å²) in [6, 6.07) is 3.85. The number of fused-ring (bicyclic) bond motifs is 2. The Labute approximate surface area is 136 Å². The Morgan fingerprint density at radius 1 is 1.35 bits per heavy atom. The number of amides is 2. The quantitative estimate of drug-likeness (QED) is 0.904. The van der Waals surface area contributed by atoms with Crippen LogP contribution in [0.4, 0.5) is 4.79 Å². The number of hydrogen-bond acceptors (Lipinski definition) is 4. The standard InChI is InChI=1S/C17H24N2O4/c20-17(18-15-9-12-5-6-16(15)23-12)19(10-13-3-1-7-21-13)11-14-4-2-8-22-14/h1,3,7,12,14-16H,2,4-6,8-11H2,(H,18,20)/t12-,14+,15+,16-/m1/s1. The third kappa shape index (κ3) is 3.38. The molecule has 0 aliphatic carbocycles. The third-order valence-corrected chi connectivity index (χ3v) is 5.08. The van der Waals surface area contributed by atoms with Gasteiger partial charge in [-0.1, -0.05) is 0 Å². The van der Waals surface area contributed by atoms with Gasteiger partial charge >= 0.3 is 6.03 Å². The van der Waals surface area contributed by atoms with Crippen LogP contribution in [0.15, 0.2) is 22.8 Å². The van der Waals surface area contributed by atoms with E-state index in [1.807, 2.05) is 12.1 Å². The molecule has 0 spiro atoms. The van der Waals surface area contributed by atoms with Gasteiger partial charge in [0.05, 0.1) is 37.2 Å². The highest BCUT2D eigenvalue weighted by molar-refractivity contribution is 5.74. The number of nitrogens with one attached hydrogen (secondary N) is 1. The minimum absolute atomic E-state index is 0.0435. The first kappa shape index (κ1) is 15.0. The van der Waals surface area contributed by atoms with Crippen molar-refractivity contribution in [2.75, 3.05) is 13.2 Å². The second-order valence-electron chi connectivity index (χ2n) is 6.76. The van der Waals surface area contributed by atoms with Crippen LogP contribution in [0.5, 0.6) is 0 Å². The molecule has 1 aromatic heterocycles. The molecule has 4 atom stereocenters. The van der Waals surface area contributed by atoms with E-state index in [1.54, 1.807) is 11.2 Å². The highest BCUT2D eigenvalue weighted by Gasteiger charge is 2.42. The Morgan fingerprint density at radius 2 is 2.30 bits per heavy atom. The number of carbonyl (C=O) groups excluding carboxylic acids is 1. The van der Waals surface area contributed by atoms with E-state index in [0.717, 1.165) is 44.5 Å². The van der Waals surface area contributed by atoms with Gasteiger partial charge < -0.3 is 24.1 Å². The minimum atomic E-state index is -0.0435. The average molecular weight is 320 g/mol. The SMILES string of the molecule is O=C(N[C@H]1C[C@H]2CC[C@H]1O2)N(Cc1ccco1)C[C@@H]1CCCO1. The van der Waals surface area contributed by atoms with Crippen molar-refractivity contribution in [2.45, 2.75) is 63.0 Å².